The molecule has 2 fully saturated rings. The number of anilines is 3. The van der Waals surface area contributed by atoms with Gasteiger partial charge in [0.15, 0.2) is 0 Å². The highest BCUT2D eigenvalue weighted by atomic mass is 16.2. The zero-order valence-electron chi connectivity index (χ0n) is 22.7. The third kappa shape index (κ3) is 7.19. The molecule has 1 aliphatic carbocycles. The van der Waals surface area contributed by atoms with E-state index in [1.807, 2.05) is 18.2 Å². The molecule has 0 aromatic heterocycles. The van der Waals surface area contributed by atoms with E-state index in [4.69, 9.17) is 5.26 Å². The molecule has 1 heterocycles. The number of amides is 3. The fraction of sp³-hybridized carbons (Fsp3) is 0.344. The van der Waals surface area contributed by atoms with Crippen molar-refractivity contribution < 1.29 is 9.59 Å². The van der Waals surface area contributed by atoms with Crippen LogP contribution in [-0.4, -0.2) is 49.1 Å². The summed E-state index contributed by atoms with van der Waals surface area (Å²) in [6.45, 7) is 4.38. The summed E-state index contributed by atoms with van der Waals surface area (Å²) < 4.78 is 0. The van der Waals surface area contributed by atoms with Crippen molar-refractivity contribution in [2.45, 2.75) is 44.7 Å². The molecule has 1 saturated heterocycles. The van der Waals surface area contributed by atoms with Crippen LogP contribution in [0.3, 0.4) is 0 Å². The molecule has 206 valence electrons. The third-order valence-corrected chi connectivity index (χ3v) is 7.67. The van der Waals surface area contributed by atoms with E-state index >= 15 is 0 Å². The largest absolute Gasteiger partial charge is 0.368 e. The molecular weight excluding hydrogens is 500 g/mol. The number of benzene rings is 3. The van der Waals surface area contributed by atoms with Crippen LogP contribution in [-0.2, 0) is 6.54 Å². The number of hydrogen-bond acceptors (Lipinski definition) is 5. The Bertz CT molecular complexity index is 1340. The summed E-state index contributed by atoms with van der Waals surface area (Å²) >= 11 is 0. The van der Waals surface area contributed by atoms with Crippen LogP contribution in [0.1, 0.15) is 53.6 Å². The molecule has 0 spiro atoms. The molecule has 0 bridgehead atoms. The number of carbonyl (C=O) groups is 2. The first-order chi connectivity index (χ1) is 19.6. The van der Waals surface area contributed by atoms with Crippen LogP contribution >= 0.6 is 0 Å². The second kappa shape index (κ2) is 13.1. The highest BCUT2D eigenvalue weighted by molar-refractivity contribution is 6.04. The van der Waals surface area contributed by atoms with Gasteiger partial charge in [0.1, 0.15) is 0 Å². The van der Waals surface area contributed by atoms with Crippen LogP contribution in [0, 0.1) is 11.3 Å². The predicted octanol–water partition coefficient (Wildman–Crippen LogP) is 5.59. The highest BCUT2D eigenvalue weighted by Gasteiger charge is 2.24. The lowest BCUT2D eigenvalue weighted by Gasteiger charge is -2.37. The van der Waals surface area contributed by atoms with Gasteiger partial charge in [0.2, 0.25) is 0 Å². The Morgan fingerprint density at radius 3 is 2.20 bits per heavy atom. The van der Waals surface area contributed by atoms with Crippen molar-refractivity contribution in [3.05, 3.63) is 89.5 Å². The van der Waals surface area contributed by atoms with Crippen molar-refractivity contribution in [3.63, 3.8) is 0 Å². The molecule has 0 radical (unpaired) electrons. The summed E-state index contributed by atoms with van der Waals surface area (Å²) in [6.07, 6.45) is 5.50. The van der Waals surface area contributed by atoms with E-state index in [2.05, 4.69) is 56.1 Å². The van der Waals surface area contributed by atoms with E-state index < -0.39 is 6.03 Å². The Morgan fingerprint density at radius 2 is 1.50 bits per heavy atom. The SMILES string of the molecule is N#Cc1ccc(NC(=O)Nc2ccc(N3CCN(Cc4ccccc4)CC3)c(C(=O)NC3CCCCC3)c2)cc1. The molecule has 8 nitrogen and oxygen atoms in total. The van der Waals surface area contributed by atoms with Gasteiger partial charge >= 0.3 is 6.03 Å². The van der Waals surface area contributed by atoms with Crippen molar-refractivity contribution in [2.24, 2.45) is 0 Å². The zero-order valence-corrected chi connectivity index (χ0v) is 22.7. The van der Waals surface area contributed by atoms with Crippen molar-refractivity contribution in [1.29, 1.82) is 5.26 Å². The summed E-state index contributed by atoms with van der Waals surface area (Å²) in [5.41, 5.74) is 4.43. The fourth-order valence-electron chi connectivity index (χ4n) is 5.49. The lowest BCUT2D eigenvalue weighted by molar-refractivity contribution is 0.0928. The topological polar surface area (TPSA) is 100 Å². The number of piperazine rings is 1. The minimum Gasteiger partial charge on any atom is -0.368 e. The monoisotopic (exact) mass is 536 g/mol. The highest BCUT2D eigenvalue weighted by Crippen LogP contribution is 2.27. The quantitative estimate of drug-likeness (QED) is 0.366. The Hall–Kier alpha value is -4.35. The summed E-state index contributed by atoms with van der Waals surface area (Å²) in [5.74, 6) is -0.0928. The van der Waals surface area contributed by atoms with Crippen LogP contribution in [0.2, 0.25) is 0 Å². The average Bonchev–Trinajstić information content (AvgIpc) is 2.99. The van der Waals surface area contributed by atoms with Gasteiger partial charge in [-0.05, 0) is 60.9 Å². The van der Waals surface area contributed by atoms with Crippen LogP contribution in [0.4, 0.5) is 21.9 Å². The molecule has 2 aliphatic rings. The second-order valence-corrected chi connectivity index (χ2v) is 10.6. The van der Waals surface area contributed by atoms with Crippen molar-refractivity contribution in [2.75, 3.05) is 41.7 Å². The second-order valence-electron chi connectivity index (χ2n) is 10.6. The van der Waals surface area contributed by atoms with Crippen molar-refractivity contribution >= 4 is 29.0 Å². The van der Waals surface area contributed by atoms with E-state index in [1.165, 1.54) is 12.0 Å². The Kier molecular flexibility index (Phi) is 8.94. The van der Waals surface area contributed by atoms with E-state index in [0.717, 1.165) is 64.1 Å². The molecule has 0 atom stereocenters. The molecule has 5 rings (SSSR count). The van der Waals surface area contributed by atoms with E-state index in [1.54, 1.807) is 30.3 Å². The van der Waals surface area contributed by atoms with Gasteiger partial charge in [-0.15, -0.1) is 0 Å². The summed E-state index contributed by atoms with van der Waals surface area (Å²) in [4.78, 5) is 31.0. The Labute approximate surface area is 236 Å². The molecule has 3 N–H and O–H groups in total. The molecular formula is C32H36N6O2. The number of rotatable bonds is 7. The van der Waals surface area contributed by atoms with Gasteiger partial charge in [0.05, 0.1) is 17.2 Å². The van der Waals surface area contributed by atoms with Gasteiger partial charge in [0.25, 0.3) is 5.91 Å². The summed E-state index contributed by atoms with van der Waals surface area (Å²) in [6, 6.07) is 24.6. The van der Waals surface area contributed by atoms with E-state index in [-0.39, 0.29) is 11.9 Å². The maximum atomic E-state index is 13.6. The zero-order chi connectivity index (χ0) is 27.7. The first kappa shape index (κ1) is 27.2. The average molecular weight is 537 g/mol. The molecule has 3 amide bonds. The standard InChI is InChI=1S/C32H36N6O2/c33-22-24-11-13-27(14-12-24)35-32(40)36-28-15-16-30(29(21-28)31(39)34-26-9-5-2-6-10-26)38-19-17-37(18-20-38)23-25-7-3-1-4-8-25/h1,3-4,7-8,11-16,21,26H,2,5-6,9-10,17-20,23H2,(H,34,39)(H2,35,36,40). The van der Waals surface area contributed by atoms with Gasteiger partial charge in [0, 0.05) is 55.8 Å². The first-order valence-corrected chi connectivity index (χ1v) is 14.1. The van der Waals surface area contributed by atoms with Gasteiger partial charge in [-0.2, -0.15) is 5.26 Å². The number of nitriles is 1. The molecule has 1 saturated carbocycles. The third-order valence-electron chi connectivity index (χ3n) is 7.67. The summed E-state index contributed by atoms with van der Waals surface area (Å²) in [5, 5.41) is 17.9. The number of carbonyl (C=O) groups excluding carboxylic acids is 2. The minimum atomic E-state index is -0.411. The van der Waals surface area contributed by atoms with Crippen LogP contribution < -0.4 is 20.9 Å². The van der Waals surface area contributed by atoms with Crippen molar-refractivity contribution in [3.8, 4) is 6.07 Å². The Morgan fingerprint density at radius 1 is 0.825 bits per heavy atom. The van der Waals surface area contributed by atoms with Gasteiger partial charge in [-0.25, -0.2) is 4.79 Å². The summed E-state index contributed by atoms with van der Waals surface area (Å²) in [7, 11) is 0. The maximum Gasteiger partial charge on any atom is 0.323 e. The number of hydrogen-bond donors (Lipinski definition) is 3. The van der Waals surface area contributed by atoms with Gasteiger partial charge in [-0.1, -0.05) is 49.6 Å². The maximum absolute atomic E-state index is 13.6. The van der Waals surface area contributed by atoms with Crippen LogP contribution in [0.25, 0.3) is 0 Å². The van der Waals surface area contributed by atoms with E-state index in [9.17, 15) is 9.59 Å². The normalized spacial score (nSPS) is 16.1. The number of nitrogens with zero attached hydrogens (tertiary/aromatic N) is 3. The lowest BCUT2D eigenvalue weighted by Crippen LogP contribution is -2.46. The molecule has 3 aromatic carbocycles. The van der Waals surface area contributed by atoms with Crippen LogP contribution in [0.15, 0.2) is 72.8 Å². The Balaban J connectivity index is 1.29. The molecule has 0 unspecified atom stereocenters. The van der Waals surface area contributed by atoms with Gasteiger partial charge in [-0.3, -0.25) is 9.69 Å². The van der Waals surface area contributed by atoms with Crippen LogP contribution in [0.5, 0.6) is 0 Å². The van der Waals surface area contributed by atoms with E-state index in [0.29, 0.717) is 22.5 Å². The molecule has 1 aliphatic heterocycles. The van der Waals surface area contributed by atoms with Crippen molar-refractivity contribution in [1.82, 2.24) is 10.2 Å². The number of urea groups is 1. The fourth-order valence-corrected chi connectivity index (χ4v) is 5.49. The van der Waals surface area contributed by atoms with Gasteiger partial charge < -0.3 is 20.9 Å². The predicted molar refractivity (Wildman–Crippen MR) is 159 cm³/mol. The molecule has 3 aromatic rings. The first-order valence-electron chi connectivity index (χ1n) is 14.1. The number of nitrogens with one attached hydrogen (secondary N) is 3. The minimum absolute atomic E-state index is 0.0928. The molecule has 40 heavy (non-hydrogen) atoms. The lowest BCUT2D eigenvalue weighted by atomic mass is 9.95. The smallest absolute Gasteiger partial charge is 0.323 e. The molecule has 8 heteroatoms.